The zero-order valence-electron chi connectivity index (χ0n) is 19.1. The quantitative estimate of drug-likeness (QED) is 0.374. The van der Waals surface area contributed by atoms with E-state index in [4.69, 9.17) is 4.74 Å². The van der Waals surface area contributed by atoms with E-state index >= 15 is 0 Å². The summed E-state index contributed by atoms with van der Waals surface area (Å²) in [6.07, 6.45) is 1.81. The van der Waals surface area contributed by atoms with Crippen molar-refractivity contribution in [3.05, 3.63) is 48.0 Å². The molecule has 3 rings (SSSR count). The van der Waals surface area contributed by atoms with Gasteiger partial charge < -0.3 is 26.4 Å². The van der Waals surface area contributed by atoms with E-state index in [9.17, 15) is 19.2 Å². The zero-order valence-corrected chi connectivity index (χ0v) is 19.1. The molecule has 0 bridgehead atoms. The molecule has 5 N–H and O–H groups in total. The molecule has 1 atom stereocenters. The molecule has 0 radical (unpaired) electrons. The van der Waals surface area contributed by atoms with Crippen LogP contribution >= 0.6 is 0 Å². The van der Waals surface area contributed by atoms with E-state index in [1.807, 2.05) is 38.1 Å². The smallest absolute Gasteiger partial charge is 0.239 e. The lowest BCUT2D eigenvalue weighted by Gasteiger charge is -2.06. The van der Waals surface area contributed by atoms with E-state index < -0.39 is 0 Å². The number of nitrogens with two attached hydrogens (primary N) is 1. The molecule has 0 saturated carbocycles. The van der Waals surface area contributed by atoms with E-state index in [1.54, 1.807) is 0 Å². The fourth-order valence-electron chi connectivity index (χ4n) is 2.20. The third-order valence-corrected chi connectivity index (χ3v) is 3.55. The van der Waals surface area contributed by atoms with E-state index in [0.717, 1.165) is 18.6 Å². The van der Waals surface area contributed by atoms with Crippen LogP contribution in [0, 0.1) is 0 Å². The SMILES string of the molecule is CC(C)NC(=O)CNC=O.CC(N)=O.CC1CO1.O=CNCc1cccc2ccccc12. The van der Waals surface area contributed by atoms with Gasteiger partial charge in [0.2, 0.25) is 24.6 Å². The third-order valence-electron chi connectivity index (χ3n) is 3.55. The molecule has 1 saturated heterocycles. The first-order valence-electron chi connectivity index (χ1n) is 10.2. The molecule has 0 aliphatic carbocycles. The van der Waals surface area contributed by atoms with Crippen molar-refractivity contribution in [2.75, 3.05) is 13.2 Å². The van der Waals surface area contributed by atoms with Crippen molar-refractivity contribution in [2.24, 2.45) is 5.73 Å². The van der Waals surface area contributed by atoms with Crippen molar-refractivity contribution < 1.29 is 23.9 Å². The van der Waals surface area contributed by atoms with Gasteiger partial charge in [0, 0.05) is 19.5 Å². The second-order valence-electron chi connectivity index (χ2n) is 7.11. The first-order chi connectivity index (χ1) is 15.2. The molecule has 1 aliphatic heterocycles. The van der Waals surface area contributed by atoms with Crippen LogP contribution in [0.3, 0.4) is 0 Å². The number of ether oxygens (including phenoxy) is 1. The molecule has 1 unspecified atom stereocenters. The minimum absolute atomic E-state index is 0.0572. The van der Waals surface area contributed by atoms with Gasteiger partial charge in [0.15, 0.2) is 0 Å². The number of fused-ring (bicyclic) bond motifs is 1. The number of primary amides is 1. The van der Waals surface area contributed by atoms with Crippen molar-refractivity contribution in [1.29, 1.82) is 0 Å². The monoisotopic (exact) mass is 446 g/mol. The number of carbonyl (C=O) groups is 4. The number of benzene rings is 2. The summed E-state index contributed by atoms with van der Waals surface area (Å²) >= 11 is 0. The Hall–Kier alpha value is -3.46. The van der Waals surface area contributed by atoms with E-state index in [2.05, 4.69) is 46.8 Å². The van der Waals surface area contributed by atoms with Gasteiger partial charge in [0.05, 0.1) is 19.3 Å². The maximum Gasteiger partial charge on any atom is 0.239 e. The second kappa shape index (κ2) is 17.2. The predicted octanol–water partition coefficient (Wildman–Crippen LogP) is 1.24. The minimum atomic E-state index is -0.333. The maximum atomic E-state index is 10.7. The minimum Gasteiger partial charge on any atom is -0.373 e. The number of hydrogen-bond donors (Lipinski definition) is 4. The summed E-state index contributed by atoms with van der Waals surface area (Å²) in [6.45, 7) is 8.71. The molecular weight excluding hydrogens is 412 g/mol. The topological polar surface area (TPSA) is 143 Å². The Morgan fingerprint density at radius 1 is 1.09 bits per heavy atom. The summed E-state index contributed by atoms with van der Waals surface area (Å²) in [6, 6.07) is 14.4. The zero-order chi connectivity index (χ0) is 24.4. The second-order valence-corrected chi connectivity index (χ2v) is 7.11. The Kier molecular flexibility index (Phi) is 15.4. The summed E-state index contributed by atoms with van der Waals surface area (Å²) in [5, 5.41) is 9.96. The van der Waals surface area contributed by atoms with Crippen LogP contribution in [0.4, 0.5) is 0 Å². The predicted molar refractivity (Wildman–Crippen MR) is 124 cm³/mol. The molecule has 176 valence electrons. The molecule has 9 nitrogen and oxygen atoms in total. The van der Waals surface area contributed by atoms with Gasteiger partial charge in [-0.05, 0) is 37.1 Å². The van der Waals surface area contributed by atoms with Crippen LogP contribution in [-0.2, 0) is 30.5 Å². The highest BCUT2D eigenvalue weighted by molar-refractivity contribution is 5.85. The number of carbonyl (C=O) groups excluding carboxylic acids is 4. The van der Waals surface area contributed by atoms with Crippen molar-refractivity contribution in [2.45, 2.75) is 46.4 Å². The van der Waals surface area contributed by atoms with Crippen molar-refractivity contribution in [3.8, 4) is 0 Å². The highest BCUT2D eigenvalue weighted by Gasteiger charge is 2.13. The maximum absolute atomic E-state index is 10.7. The molecule has 2 aromatic rings. The first-order valence-corrected chi connectivity index (χ1v) is 10.2. The fraction of sp³-hybridized carbons (Fsp3) is 0.391. The van der Waals surface area contributed by atoms with Gasteiger partial charge in [0.25, 0.3) is 0 Å². The van der Waals surface area contributed by atoms with Gasteiger partial charge in [-0.25, -0.2) is 0 Å². The first kappa shape index (κ1) is 28.5. The van der Waals surface area contributed by atoms with Crippen molar-refractivity contribution >= 4 is 35.4 Å². The number of epoxide rings is 1. The number of nitrogens with one attached hydrogen (secondary N) is 3. The highest BCUT2D eigenvalue weighted by Crippen LogP contribution is 2.17. The molecule has 0 aromatic heterocycles. The summed E-state index contributed by atoms with van der Waals surface area (Å²) in [7, 11) is 0. The average molecular weight is 447 g/mol. The number of hydrogen-bond acceptors (Lipinski definition) is 5. The highest BCUT2D eigenvalue weighted by atomic mass is 16.6. The lowest BCUT2D eigenvalue weighted by Crippen LogP contribution is -2.37. The molecule has 1 aliphatic rings. The Morgan fingerprint density at radius 2 is 1.62 bits per heavy atom. The standard InChI is InChI=1S/C12H11NO.C6H12N2O2.C3H6O.C2H5NO/c14-9-13-8-11-6-3-5-10-4-1-2-7-12(10)11;1-5(2)8-6(10)3-7-4-9;1-3-2-4-3;1-2(3)4/h1-7,9H,8H2,(H,13,14);4-5H,3H2,1-2H3,(H,7,9)(H,8,10);3H,2H2,1H3;1H3,(H2,3,4). The molecular formula is C23H34N4O5. The van der Waals surface area contributed by atoms with Crippen molar-refractivity contribution in [3.63, 3.8) is 0 Å². The summed E-state index contributed by atoms with van der Waals surface area (Å²) in [4.78, 5) is 39.8. The van der Waals surface area contributed by atoms with Gasteiger partial charge in [-0.3, -0.25) is 19.2 Å². The Bertz CT molecular complexity index is 829. The molecule has 2 aromatic carbocycles. The van der Waals surface area contributed by atoms with Crippen LogP contribution in [0.5, 0.6) is 0 Å². The fourth-order valence-corrected chi connectivity index (χ4v) is 2.20. The molecule has 32 heavy (non-hydrogen) atoms. The Balaban J connectivity index is 0.000000463. The van der Waals surface area contributed by atoms with E-state index in [0.29, 0.717) is 19.1 Å². The third kappa shape index (κ3) is 16.3. The van der Waals surface area contributed by atoms with Gasteiger partial charge in [0.1, 0.15) is 0 Å². The lowest BCUT2D eigenvalue weighted by atomic mass is 10.0. The van der Waals surface area contributed by atoms with Crippen LogP contribution in [0.25, 0.3) is 10.8 Å². The van der Waals surface area contributed by atoms with Gasteiger partial charge in [-0.2, -0.15) is 0 Å². The molecule has 4 amide bonds. The Labute approximate surface area is 189 Å². The van der Waals surface area contributed by atoms with Crippen LogP contribution in [0.15, 0.2) is 42.5 Å². The molecule has 1 heterocycles. The summed E-state index contributed by atoms with van der Waals surface area (Å²) in [5.41, 5.74) is 5.62. The van der Waals surface area contributed by atoms with Crippen LogP contribution in [0.1, 0.15) is 33.3 Å². The number of rotatable bonds is 7. The van der Waals surface area contributed by atoms with Crippen LogP contribution < -0.4 is 21.7 Å². The lowest BCUT2D eigenvalue weighted by molar-refractivity contribution is -0.122. The summed E-state index contributed by atoms with van der Waals surface area (Å²) < 4.78 is 4.71. The normalized spacial score (nSPS) is 13.0. The van der Waals surface area contributed by atoms with E-state index in [-0.39, 0.29) is 24.4 Å². The molecule has 9 heteroatoms. The van der Waals surface area contributed by atoms with Crippen LogP contribution in [-0.4, -0.2) is 49.9 Å². The van der Waals surface area contributed by atoms with Gasteiger partial charge >= 0.3 is 0 Å². The van der Waals surface area contributed by atoms with Crippen LogP contribution in [0.2, 0.25) is 0 Å². The van der Waals surface area contributed by atoms with Crippen molar-refractivity contribution in [1.82, 2.24) is 16.0 Å². The van der Waals surface area contributed by atoms with Gasteiger partial charge in [-0.1, -0.05) is 42.5 Å². The Morgan fingerprint density at radius 3 is 2.12 bits per heavy atom. The largest absolute Gasteiger partial charge is 0.373 e. The average Bonchev–Trinajstić information content (AvgIpc) is 3.53. The van der Waals surface area contributed by atoms with Gasteiger partial charge in [-0.15, -0.1) is 0 Å². The molecule has 1 fully saturated rings. The molecule has 0 spiro atoms. The summed E-state index contributed by atoms with van der Waals surface area (Å²) in [5.74, 6) is -0.498. The van der Waals surface area contributed by atoms with E-state index in [1.165, 1.54) is 17.7 Å². The number of amides is 4.